The number of aromatic nitrogens is 3. The molecule has 0 spiro atoms. The van der Waals surface area contributed by atoms with Crippen LogP contribution in [0.4, 0.5) is 29.2 Å². The number of hydrazone groups is 1. The summed E-state index contributed by atoms with van der Waals surface area (Å²) in [5, 5.41) is 28.2. The molecule has 1 saturated heterocycles. The molecule has 1 aliphatic rings. The topological polar surface area (TPSA) is 151 Å². The van der Waals surface area contributed by atoms with Gasteiger partial charge in [0, 0.05) is 30.9 Å². The number of hydrogen-bond donors (Lipinski definition) is 3. The molecule has 0 bridgehead atoms. The molecule has 0 aliphatic carbocycles. The van der Waals surface area contributed by atoms with Crippen molar-refractivity contribution in [3.63, 3.8) is 0 Å². The van der Waals surface area contributed by atoms with Crippen LogP contribution in [-0.4, -0.2) is 57.5 Å². The zero-order valence-electron chi connectivity index (χ0n) is 17.8. The van der Waals surface area contributed by atoms with Crippen LogP contribution in [0.1, 0.15) is 11.1 Å². The molecule has 0 radical (unpaired) electrons. The number of ether oxygens (including phenoxy) is 1. The van der Waals surface area contributed by atoms with Gasteiger partial charge in [-0.15, -0.1) is 0 Å². The first-order valence-corrected chi connectivity index (χ1v) is 10.2. The van der Waals surface area contributed by atoms with Crippen LogP contribution >= 0.6 is 0 Å². The largest absolute Gasteiger partial charge is 0.508 e. The van der Waals surface area contributed by atoms with Crippen molar-refractivity contribution in [3.8, 4) is 5.75 Å². The molecule has 1 aromatic heterocycles. The fraction of sp³-hybridized carbons (Fsp3) is 0.238. The summed E-state index contributed by atoms with van der Waals surface area (Å²) in [7, 11) is 0. The summed E-state index contributed by atoms with van der Waals surface area (Å²) in [4.78, 5) is 26.0. The van der Waals surface area contributed by atoms with Crippen LogP contribution in [0, 0.1) is 17.0 Å². The Bertz CT molecular complexity index is 1180. The molecule has 0 amide bonds. The van der Waals surface area contributed by atoms with Gasteiger partial charge in [0.25, 0.3) is 5.69 Å². The Labute approximate surface area is 189 Å². The van der Waals surface area contributed by atoms with E-state index in [0.29, 0.717) is 43.5 Å². The van der Waals surface area contributed by atoms with Crippen LogP contribution in [-0.2, 0) is 4.74 Å². The summed E-state index contributed by atoms with van der Waals surface area (Å²) < 4.78 is 5.40. The molecule has 12 nitrogen and oxygen atoms in total. The number of nitro benzene ring substituents is 1. The number of rotatable bonds is 7. The normalized spacial score (nSPS) is 13.8. The van der Waals surface area contributed by atoms with Gasteiger partial charge < -0.3 is 20.1 Å². The summed E-state index contributed by atoms with van der Waals surface area (Å²) in [6, 6.07) is 11.2. The highest BCUT2D eigenvalue weighted by Crippen LogP contribution is 2.25. The SMILES string of the molecule is Cc1ccc(O)cc1Nc1nc(NN=Cc2ccccc2[N+](=O)[O-])nc(N2CCOCC2)n1. The minimum atomic E-state index is -0.472. The number of anilines is 4. The molecule has 0 atom stereocenters. The highest BCUT2D eigenvalue weighted by atomic mass is 16.6. The third-order valence-corrected chi connectivity index (χ3v) is 4.89. The van der Waals surface area contributed by atoms with Crippen molar-refractivity contribution >= 4 is 35.4 Å². The first kappa shape index (κ1) is 21.9. The summed E-state index contributed by atoms with van der Waals surface area (Å²) in [6.45, 7) is 4.24. The molecular weight excluding hydrogens is 428 g/mol. The Morgan fingerprint density at radius 2 is 1.91 bits per heavy atom. The van der Waals surface area contributed by atoms with E-state index >= 15 is 0 Å². The molecule has 2 aromatic carbocycles. The van der Waals surface area contributed by atoms with Crippen LogP contribution in [0.15, 0.2) is 47.6 Å². The Morgan fingerprint density at radius 3 is 2.70 bits per heavy atom. The number of phenols is 1. The number of phenolic OH excluding ortho intramolecular Hbond substituents is 1. The van der Waals surface area contributed by atoms with Gasteiger partial charge in [-0.1, -0.05) is 18.2 Å². The van der Waals surface area contributed by atoms with Gasteiger partial charge in [0.15, 0.2) is 0 Å². The second-order valence-corrected chi connectivity index (χ2v) is 7.19. The maximum absolute atomic E-state index is 11.2. The van der Waals surface area contributed by atoms with E-state index in [9.17, 15) is 15.2 Å². The predicted octanol–water partition coefficient (Wildman–Crippen LogP) is 2.82. The number of benzene rings is 2. The molecule has 2 heterocycles. The van der Waals surface area contributed by atoms with Gasteiger partial charge in [-0.05, 0) is 24.6 Å². The number of nitrogens with zero attached hydrogens (tertiary/aromatic N) is 6. The fourth-order valence-corrected chi connectivity index (χ4v) is 3.16. The average molecular weight is 450 g/mol. The minimum absolute atomic E-state index is 0.0607. The lowest BCUT2D eigenvalue weighted by Crippen LogP contribution is -2.37. The Hall–Kier alpha value is -4.32. The first-order chi connectivity index (χ1) is 16.0. The first-order valence-electron chi connectivity index (χ1n) is 10.2. The molecule has 3 N–H and O–H groups in total. The Kier molecular flexibility index (Phi) is 6.55. The zero-order valence-corrected chi connectivity index (χ0v) is 17.8. The van der Waals surface area contributed by atoms with Gasteiger partial charge in [-0.3, -0.25) is 10.1 Å². The Balaban J connectivity index is 1.61. The quantitative estimate of drug-likeness (QED) is 0.278. The number of nitrogens with one attached hydrogen (secondary N) is 2. The molecule has 33 heavy (non-hydrogen) atoms. The number of morpholine rings is 1. The highest BCUT2D eigenvalue weighted by molar-refractivity contribution is 5.85. The van der Waals surface area contributed by atoms with Crippen LogP contribution < -0.4 is 15.6 Å². The number of aromatic hydroxyl groups is 1. The van der Waals surface area contributed by atoms with E-state index in [-0.39, 0.29) is 23.3 Å². The molecule has 1 aliphatic heterocycles. The second kappa shape index (κ2) is 9.87. The molecule has 0 unspecified atom stereocenters. The van der Waals surface area contributed by atoms with Gasteiger partial charge in [-0.2, -0.15) is 20.1 Å². The summed E-state index contributed by atoms with van der Waals surface area (Å²) >= 11 is 0. The van der Waals surface area contributed by atoms with E-state index in [4.69, 9.17) is 4.74 Å². The van der Waals surface area contributed by atoms with Crippen molar-refractivity contribution in [2.45, 2.75) is 6.92 Å². The molecular formula is C21H22N8O4. The minimum Gasteiger partial charge on any atom is -0.508 e. The summed E-state index contributed by atoms with van der Waals surface area (Å²) in [5.41, 5.74) is 4.54. The van der Waals surface area contributed by atoms with E-state index in [1.54, 1.807) is 36.4 Å². The lowest BCUT2D eigenvalue weighted by atomic mass is 10.2. The van der Waals surface area contributed by atoms with E-state index in [1.165, 1.54) is 12.3 Å². The maximum atomic E-state index is 11.2. The third-order valence-electron chi connectivity index (χ3n) is 4.89. The lowest BCUT2D eigenvalue weighted by Gasteiger charge is -2.27. The van der Waals surface area contributed by atoms with Crippen molar-refractivity contribution in [3.05, 3.63) is 63.7 Å². The number of aryl methyl sites for hydroxylation is 1. The molecule has 12 heteroatoms. The third kappa shape index (κ3) is 5.49. The van der Waals surface area contributed by atoms with Crippen LogP contribution in [0.5, 0.6) is 5.75 Å². The number of hydrogen-bond acceptors (Lipinski definition) is 11. The van der Waals surface area contributed by atoms with Crippen molar-refractivity contribution in [1.82, 2.24) is 15.0 Å². The van der Waals surface area contributed by atoms with Crippen LogP contribution in [0.2, 0.25) is 0 Å². The number of para-hydroxylation sites is 1. The van der Waals surface area contributed by atoms with Crippen LogP contribution in [0.25, 0.3) is 0 Å². The van der Waals surface area contributed by atoms with E-state index < -0.39 is 4.92 Å². The van der Waals surface area contributed by atoms with Gasteiger partial charge in [0.05, 0.1) is 29.9 Å². The van der Waals surface area contributed by atoms with Crippen molar-refractivity contribution in [2.75, 3.05) is 41.9 Å². The Morgan fingerprint density at radius 1 is 1.15 bits per heavy atom. The predicted molar refractivity (Wildman–Crippen MR) is 123 cm³/mol. The lowest BCUT2D eigenvalue weighted by molar-refractivity contribution is -0.385. The van der Waals surface area contributed by atoms with Crippen LogP contribution in [0.3, 0.4) is 0 Å². The summed E-state index contributed by atoms with van der Waals surface area (Å²) in [5.74, 6) is 0.945. The smallest absolute Gasteiger partial charge is 0.278 e. The molecule has 4 rings (SSSR count). The van der Waals surface area contributed by atoms with Gasteiger partial charge in [0.2, 0.25) is 17.8 Å². The molecule has 0 saturated carbocycles. The van der Waals surface area contributed by atoms with E-state index in [2.05, 4.69) is 30.8 Å². The van der Waals surface area contributed by atoms with Gasteiger partial charge in [-0.25, -0.2) is 5.43 Å². The number of nitro groups is 1. The van der Waals surface area contributed by atoms with Gasteiger partial charge in [0.1, 0.15) is 5.75 Å². The molecule has 3 aromatic rings. The molecule has 170 valence electrons. The van der Waals surface area contributed by atoms with Crippen molar-refractivity contribution in [1.29, 1.82) is 0 Å². The van der Waals surface area contributed by atoms with Crippen molar-refractivity contribution in [2.24, 2.45) is 5.10 Å². The highest BCUT2D eigenvalue weighted by Gasteiger charge is 2.17. The average Bonchev–Trinajstić information content (AvgIpc) is 2.82. The fourth-order valence-electron chi connectivity index (χ4n) is 3.16. The summed E-state index contributed by atoms with van der Waals surface area (Å²) in [6.07, 6.45) is 1.34. The van der Waals surface area contributed by atoms with Gasteiger partial charge >= 0.3 is 0 Å². The monoisotopic (exact) mass is 450 g/mol. The van der Waals surface area contributed by atoms with Crippen molar-refractivity contribution < 1.29 is 14.8 Å². The molecule has 1 fully saturated rings. The van der Waals surface area contributed by atoms with E-state index in [0.717, 1.165) is 5.56 Å². The maximum Gasteiger partial charge on any atom is 0.278 e. The zero-order chi connectivity index (χ0) is 23.2. The second-order valence-electron chi connectivity index (χ2n) is 7.19. The van der Waals surface area contributed by atoms with E-state index in [1.807, 2.05) is 11.8 Å². The standard InChI is InChI=1S/C21H22N8O4/c1-14-6-7-16(30)12-17(14)23-19-24-20(26-21(25-19)28-8-10-33-11-9-28)27-22-13-15-4-2-3-5-18(15)29(31)32/h2-7,12-13,30H,8-11H2,1H3,(H2,23,24,25,26,27).